The number of nitrogens with one attached hydrogen (secondary N) is 1. The summed E-state index contributed by atoms with van der Waals surface area (Å²) in [6.07, 6.45) is 0.749. The number of hydrogen-bond donors (Lipinski definition) is 1. The first-order chi connectivity index (χ1) is 11.2. The van der Waals surface area contributed by atoms with Gasteiger partial charge >= 0.3 is 0 Å². The predicted molar refractivity (Wildman–Crippen MR) is 90.3 cm³/mol. The minimum absolute atomic E-state index is 0.121. The predicted octanol–water partition coefficient (Wildman–Crippen LogP) is 2.24. The van der Waals surface area contributed by atoms with Crippen molar-refractivity contribution in [3.8, 4) is 5.75 Å². The molecule has 0 saturated carbocycles. The minimum Gasteiger partial charge on any atom is -0.492 e. The van der Waals surface area contributed by atoms with E-state index in [1.807, 2.05) is 49.5 Å². The van der Waals surface area contributed by atoms with E-state index in [-0.39, 0.29) is 11.9 Å². The molecule has 0 fully saturated rings. The molecular formula is C19H22N2O2. The molecule has 2 aromatic carbocycles. The second kappa shape index (κ2) is 7.29. The fourth-order valence-corrected chi connectivity index (χ4v) is 2.82. The van der Waals surface area contributed by atoms with Crippen molar-refractivity contribution in [2.45, 2.75) is 19.0 Å². The van der Waals surface area contributed by atoms with Gasteiger partial charge in [0.15, 0.2) is 0 Å². The van der Waals surface area contributed by atoms with Crippen LogP contribution in [0.2, 0.25) is 0 Å². The van der Waals surface area contributed by atoms with Crippen molar-refractivity contribution in [1.29, 1.82) is 0 Å². The van der Waals surface area contributed by atoms with Crippen molar-refractivity contribution >= 4 is 5.91 Å². The van der Waals surface area contributed by atoms with Gasteiger partial charge in [0.05, 0.1) is 12.6 Å². The van der Waals surface area contributed by atoms with Gasteiger partial charge in [-0.2, -0.15) is 0 Å². The number of benzene rings is 2. The van der Waals surface area contributed by atoms with Gasteiger partial charge in [-0.3, -0.25) is 4.79 Å². The summed E-state index contributed by atoms with van der Waals surface area (Å²) in [7, 11) is 1.83. The molecule has 1 atom stereocenters. The normalized spacial score (nSPS) is 16.5. The molecule has 0 spiro atoms. The highest BCUT2D eigenvalue weighted by Crippen LogP contribution is 2.17. The summed E-state index contributed by atoms with van der Waals surface area (Å²) in [5.41, 5.74) is 2.55. The topological polar surface area (TPSA) is 41.6 Å². The molecule has 0 aromatic heterocycles. The first-order valence-corrected chi connectivity index (χ1v) is 7.97. The lowest BCUT2D eigenvalue weighted by Gasteiger charge is -2.29. The van der Waals surface area contributed by atoms with Crippen LogP contribution < -0.4 is 10.1 Å². The lowest BCUT2D eigenvalue weighted by Crippen LogP contribution is -2.49. The molecule has 0 saturated heterocycles. The molecule has 2 aromatic rings. The molecule has 1 amide bonds. The number of rotatable bonds is 5. The molecule has 1 N–H and O–H groups in total. The van der Waals surface area contributed by atoms with Crippen molar-refractivity contribution < 1.29 is 9.53 Å². The molecule has 1 heterocycles. The number of carbonyl (C=O) groups excluding carboxylic acids is 1. The van der Waals surface area contributed by atoms with Gasteiger partial charge in [0.1, 0.15) is 12.4 Å². The highest BCUT2D eigenvalue weighted by Gasteiger charge is 2.26. The summed E-state index contributed by atoms with van der Waals surface area (Å²) in [6, 6.07) is 17.8. The summed E-state index contributed by atoms with van der Waals surface area (Å²) >= 11 is 0. The second-order valence-electron chi connectivity index (χ2n) is 5.83. The largest absolute Gasteiger partial charge is 0.492 e. The first-order valence-electron chi connectivity index (χ1n) is 7.97. The van der Waals surface area contributed by atoms with E-state index in [2.05, 4.69) is 17.4 Å². The quantitative estimate of drug-likeness (QED) is 0.921. The molecule has 4 nitrogen and oxygen atoms in total. The lowest BCUT2D eigenvalue weighted by molar-refractivity contribution is -0.132. The van der Waals surface area contributed by atoms with E-state index in [0.717, 1.165) is 18.7 Å². The Morgan fingerprint density at radius 2 is 1.83 bits per heavy atom. The zero-order valence-corrected chi connectivity index (χ0v) is 13.4. The fraction of sp³-hybridized carbons (Fsp3) is 0.316. The Hall–Kier alpha value is -2.33. The zero-order chi connectivity index (χ0) is 16.1. The number of carbonyl (C=O) groups is 1. The maximum atomic E-state index is 12.6. The summed E-state index contributed by atoms with van der Waals surface area (Å²) in [5.74, 6) is 0.953. The summed E-state index contributed by atoms with van der Waals surface area (Å²) in [5, 5.41) is 3.33. The van der Waals surface area contributed by atoms with Gasteiger partial charge in [-0.1, -0.05) is 42.5 Å². The Kier molecular flexibility index (Phi) is 4.93. The van der Waals surface area contributed by atoms with Gasteiger partial charge in [-0.25, -0.2) is 0 Å². The third kappa shape index (κ3) is 3.90. The number of ether oxygens (including phenoxy) is 1. The molecule has 4 heteroatoms. The van der Waals surface area contributed by atoms with Crippen LogP contribution in [0.3, 0.4) is 0 Å². The molecule has 0 aliphatic carbocycles. The van der Waals surface area contributed by atoms with Crippen molar-refractivity contribution in [1.82, 2.24) is 10.2 Å². The van der Waals surface area contributed by atoms with E-state index in [1.54, 1.807) is 4.90 Å². The van der Waals surface area contributed by atoms with Crippen LogP contribution in [-0.4, -0.2) is 37.0 Å². The van der Waals surface area contributed by atoms with E-state index < -0.39 is 0 Å². The first kappa shape index (κ1) is 15.6. The smallest absolute Gasteiger partial charge is 0.239 e. The number of para-hydroxylation sites is 1. The van der Waals surface area contributed by atoms with Gasteiger partial charge < -0.3 is 15.0 Å². The molecular weight excluding hydrogens is 288 g/mol. The van der Waals surface area contributed by atoms with E-state index in [0.29, 0.717) is 13.2 Å². The van der Waals surface area contributed by atoms with Crippen LogP contribution in [0.1, 0.15) is 11.1 Å². The standard InChI is InChI=1S/C19H22N2O2/c1-21(11-12-23-17-9-3-2-4-10-17)19(22)18-13-15-7-5-6-8-16(15)14-20-18/h2-10,18,20H,11-14H2,1H3. The number of amides is 1. The Bertz CT molecular complexity index is 657. The Morgan fingerprint density at radius 3 is 2.61 bits per heavy atom. The number of nitrogens with zero attached hydrogens (tertiary/aromatic N) is 1. The van der Waals surface area contributed by atoms with Gasteiger partial charge in [-0.15, -0.1) is 0 Å². The maximum Gasteiger partial charge on any atom is 0.239 e. The van der Waals surface area contributed by atoms with Crippen molar-refractivity contribution in [2.24, 2.45) is 0 Å². The number of fused-ring (bicyclic) bond motifs is 1. The van der Waals surface area contributed by atoms with Crippen LogP contribution in [0.4, 0.5) is 0 Å². The Morgan fingerprint density at radius 1 is 1.13 bits per heavy atom. The molecule has 1 aliphatic heterocycles. The summed E-state index contributed by atoms with van der Waals surface area (Å²) in [6.45, 7) is 1.82. The molecule has 1 unspecified atom stereocenters. The monoisotopic (exact) mass is 310 g/mol. The summed E-state index contributed by atoms with van der Waals surface area (Å²) < 4.78 is 5.66. The van der Waals surface area contributed by atoms with E-state index in [9.17, 15) is 4.79 Å². The van der Waals surface area contributed by atoms with E-state index in [4.69, 9.17) is 4.74 Å². The van der Waals surface area contributed by atoms with Gasteiger partial charge in [0.2, 0.25) is 5.91 Å². The third-order valence-electron chi connectivity index (χ3n) is 4.19. The highest BCUT2D eigenvalue weighted by molar-refractivity contribution is 5.82. The molecule has 1 aliphatic rings. The van der Waals surface area contributed by atoms with Crippen molar-refractivity contribution in [3.05, 3.63) is 65.7 Å². The van der Waals surface area contributed by atoms with Gasteiger partial charge in [-0.05, 0) is 29.7 Å². The molecule has 0 bridgehead atoms. The van der Waals surface area contributed by atoms with Crippen molar-refractivity contribution in [2.75, 3.05) is 20.2 Å². The molecule has 3 rings (SSSR count). The van der Waals surface area contributed by atoms with Crippen molar-refractivity contribution in [3.63, 3.8) is 0 Å². The Labute approximate surface area is 137 Å². The van der Waals surface area contributed by atoms with E-state index in [1.165, 1.54) is 11.1 Å². The average Bonchev–Trinajstić information content (AvgIpc) is 2.61. The number of likely N-dealkylation sites (N-methyl/N-ethyl adjacent to an activating group) is 1. The minimum atomic E-state index is -0.147. The van der Waals surface area contributed by atoms with Crippen LogP contribution in [0.25, 0.3) is 0 Å². The summed E-state index contributed by atoms with van der Waals surface area (Å²) in [4.78, 5) is 14.3. The third-order valence-corrected chi connectivity index (χ3v) is 4.19. The van der Waals surface area contributed by atoms with Crippen LogP contribution in [0.5, 0.6) is 5.75 Å². The second-order valence-corrected chi connectivity index (χ2v) is 5.83. The Balaban J connectivity index is 1.50. The number of hydrogen-bond acceptors (Lipinski definition) is 3. The average molecular weight is 310 g/mol. The molecule has 0 radical (unpaired) electrons. The zero-order valence-electron chi connectivity index (χ0n) is 13.4. The highest BCUT2D eigenvalue weighted by atomic mass is 16.5. The van der Waals surface area contributed by atoms with Crippen LogP contribution in [0, 0.1) is 0 Å². The van der Waals surface area contributed by atoms with Crippen LogP contribution in [0.15, 0.2) is 54.6 Å². The fourth-order valence-electron chi connectivity index (χ4n) is 2.82. The van der Waals surface area contributed by atoms with Gasteiger partial charge in [0.25, 0.3) is 0 Å². The molecule has 23 heavy (non-hydrogen) atoms. The van der Waals surface area contributed by atoms with Gasteiger partial charge in [0, 0.05) is 13.6 Å². The van der Waals surface area contributed by atoms with E-state index >= 15 is 0 Å². The SMILES string of the molecule is CN(CCOc1ccccc1)C(=O)C1Cc2ccccc2CN1. The lowest BCUT2D eigenvalue weighted by atomic mass is 9.95. The molecule has 120 valence electrons. The maximum absolute atomic E-state index is 12.6. The van der Waals surface area contributed by atoms with Crippen LogP contribution in [-0.2, 0) is 17.8 Å². The van der Waals surface area contributed by atoms with Crippen LogP contribution >= 0.6 is 0 Å².